The Hall–Kier alpha value is -1.34. The van der Waals surface area contributed by atoms with Crippen molar-refractivity contribution in [1.82, 2.24) is 14.5 Å². The molecule has 1 aromatic carbocycles. The van der Waals surface area contributed by atoms with Crippen LogP contribution in [0.3, 0.4) is 0 Å². The second kappa shape index (κ2) is 6.43. The van der Waals surface area contributed by atoms with Crippen LogP contribution in [0.4, 0.5) is 0 Å². The van der Waals surface area contributed by atoms with Gasteiger partial charge in [0.1, 0.15) is 0 Å². The van der Waals surface area contributed by atoms with Crippen molar-refractivity contribution >= 4 is 33.2 Å². The van der Waals surface area contributed by atoms with Crippen LogP contribution < -0.4 is 0 Å². The van der Waals surface area contributed by atoms with Crippen LogP contribution in [0.15, 0.2) is 47.0 Å². The first-order chi connectivity index (χ1) is 12.0. The fourth-order valence-corrected chi connectivity index (χ4v) is 6.14. The number of nitrogens with one attached hydrogen (secondary N) is 1. The number of hydrogen-bond acceptors (Lipinski definition) is 3. The number of piperidine rings is 1. The van der Waals surface area contributed by atoms with E-state index in [1.165, 1.54) is 5.54 Å². The molecule has 8 heteroatoms. The van der Waals surface area contributed by atoms with Crippen molar-refractivity contribution in [2.24, 2.45) is 5.92 Å². The third kappa shape index (κ3) is 2.91. The molecular formula is C17H17Cl2N3O2S. The SMILES string of the molecule is O=S(=O)(c1ccc(Cl)cc1)N1C2Cc3[nH]ncc3C1CC(/C=C\Cl)C2. The second-order valence-corrected chi connectivity index (χ2v) is 9.05. The summed E-state index contributed by atoms with van der Waals surface area (Å²) in [6.07, 6.45) is 5.77. The molecule has 0 radical (unpaired) electrons. The number of halogens is 2. The molecule has 0 spiro atoms. The molecule has 1 N–H and O–H groups in total. The van der Waals surface area contributed by atoms with Gasteiger partial charge in [0, 0.05) is 34.3 Å². The summed E-state index contributed by atoms with van der Waals surface area (Å²) in [5.74, 6) is 0.257. The zero-order chi connectivity index (χ0) is 17.6. The number of sulfonamides is 1. The molecule has 132 valence electrons. The normalized spacial score (nSPS) is 26.7. The van der Waals surface area contributed by atoms with Crippen LogP contribution in [0.25, 0.3) is 0 Å². The molecule has 3 unspecified atom stereocenters. The topological polar surface area (TPSA) is 66.1 Å². The molecule has 25 heavy (non-hydrogen) atoms. The van der Waals surface area contributed by atoms with E-state index < -0.39 is 10.0 Å². The van der Waals surface area contributed by atoms with Gasteiger partial charge in [-0.1, -0.05) is 29.3 Å². The van der Waals surface area contributed by atoms with Gasteiger partial charge in [0.15, 0.2) is 0 Å². The number of benzene rings is 1. The van der Waals surface area contributed by atoms with E-state index >= 15 is 0 Å². The standard InChI is InChI=1S/C17H17Cl2N3O2S/c18-6-5-11-7-13-9-16-15(10-20-21-16)17(8-11)22(13)25(23,24)14-3-1-12(19)2-4-14/h1-6,10-11,13,17H,7-9H2,(H,20,21)/b6-5-. The summed E-state index contributed by atoms with van der Waals surface area (Å²) < 4.78 is 28.3. The number of aromatic amines is 1. The first-order valence-electron chi connectivity index (χ1n) is 8.09. The van der Waals surface area contributed by atoms with Crippen LogP contribution in [0.5, 0.6) is 0 Å². The van der Waals surface area contributed by atoms with E-state index in [2.05, 4.69) is 10.2 Å². The van der Waals surface area contributed by atoms with Crippen LogP contribution in [-0.4, -0.2) is 29.0 Å². The van der Waals surface area contributed by atoms with E-state index in [1.54, 1.807) is 34.8 Å². The quantitative estimate of drug-likeness (QED) is 0.853. The molecule has 2 aliphatic rings. The highest BCUT2D eigenvalue weighted by Gasteiger charge is 2.47. The Kier molecular flexibility index (Phi) is 4.40. The molecule has 2 aliphatic heterocycles. The van der Waals surface area contributed by atoms with Crippen molar-refractivity contribution in [3.8, 4) is 0 Å². The Morgan fingerprint density at radius 1 is 1.24 bits per heavy atom. The van der Waals surface area contributed by atoms with Crippen molar-refractivity contribution in [2.75, 3.05) is 0 Å². The lowest BCUT2D eigenvalue weighted by molar-refractivity contribution is 0.136. The number of nitrogens with zero attached hydrogens (tertiary/aromatic N) is 2. The maximum atomic E-state index is 13.3. The Morgan fingerprint density at radius 3 is 2.72 bits per heavy atom. The van der Waals surface area contributed by atoms with E-state index in [1.807, 2.05) is 6.08 Å². The maximum Gasteiger partial charge on any atom is 0.243 e. The molecule has 0 amide bonds. The number of H-pyrrole nitrogens is 1. The fourth-order valence-electron chi connectivity index (χ4n) is 3.99. The van der Waals surface area contributed by atoms with Gasteiger partial charge < -0.3 is 0 Å². The number of allylic oxidation sites excluding steroid dienone is 1. The van der Waals surface area contributed by atoms with Gasteiger partial charge in [-0.05, 0) is 43.0 Å². The Balaban J connectivity index is 1.78. The highest BCUT2D eigenvalue weighted by molar-refractivity contribution is 7.89. The lowest BCUT2D eigenvalue weighted by Gasteiger charge is -2.46. The van der Waals surface area contributed by atoms with E-state index in [-0.39, 0.29) is 22.9 Å². The smallest absolute Gasteiger partial charge is 0.243 e. The first kappa shape index (κ1) is 17.1. The Bertz CT molecular complexity index is 908. The van der Waals surface area contributed by atoms with Crippen LogP contribution in [0.1, 0.15) is 30.1 Å². The molecule has 2 bridgehead atoms. The van der Waals surface area contributed by atoms with Gasteiger partial charge in [-0.15, -0.1) is 0 Å². The maximum absolute atomic E-state index is 13.3. The van der Waals surface area contributed by atoms with Crippen molar-refractivity contribution < 1.29 is 8.42 Å². The Morgan fingerprint density at radius 2 is 2.00 bits per heavy atom. The van der Waals surface area contributed by atoms with Gasteiger partial charge >= 0.3 is 0 Å². The lowest BCUT2D eigenvalue weighted by Crippen LogP contribution is -2.51. The molecule has 3 atom stereocenters. The number of aromatic nitrogens is 2. The van der Waals surface area contributed by atoms with Crippen molar-refractivity contribution in [3.63, 3.8) is 0 Å². The molecule has 3 heterocycles. The minimum absolute atomic E-state index is 0.120. The zero-order valence-corrected chi connectivity index (χ0v) is 15.6. The third-order valence-corrected chi connectivity index (χ3v) is 7.43. The number of fused-ring (bicyclic) bond motifs is 4. The summed E-state index contributed by atoms with van der Waals surface area (Å²) in [6, 6.07) is 5.99. The first-order valence-corrected chi connectivity index (χ1v) is 10.3. The minimum Gasteiger partial charge on any atom is -0.282 e. The molecule has 1 fully saturated rings. The average Bonchev–Trinajstić information content (AvgIpc) is 3.03. The van der Waals surface area contributed by atoms with Crippen molar-refractivity contribution in [3.05, 3.63) is 58.4 Å². The van der Waals surface area contributed by atoms with E-state index in [9.17, 15) is 8.42 Å². The van der Waals surface area contributed by atoms with E-state index in [0.29, 0.717) is 17.9 Å². The molecule has 4 rings (SSSR count). The number of rotatable bonds is 3. The predicted molar refractivity (Wildman–Crippen MR) is 97.0 cm³/mol. The van der Waals surface area contributed by atoms with Gasteiger partial charge in [-0.25, -0.2) is 8.42 Å². The highest BCUT2D eigenvalue weighted by Crippen LogP contribution is 2.46. The number of hydrogen-bond donors (Lipinski definition) is 1. The summed E-state index contributed by atoms with van der Waals surface area (Å²) in [6.45, 7) is 0. The summed E-state index contributed by atoms with van der Waals surface area (Å²) in [5.41, 5.74) is 3.52. The van der Waals surface area contributed by atoms with E-state index in [4.69, 9.17) is 23.2 Å². The molecular weight excluding hydrogens is 381 g/mol. The third-order valence-electron chi connectivity index (χ3n) is 5.05. The molecule has 1 saturated heterocycles. The van der Waals surface area contributed by atoms with Crippen molar-refractivity contribution in [2.45, 2.75) is 36.2 Å². The minimum atomic E-state index is -3.62. The van der Waals surface area contributed by atoms with Crippen LogP contribution in [0, 0.1) is 5.92 Å². The molecule has 0 aliphatic carbocycles. The van der Waals surface area contributed by atoms with Gasteiger partial charge in [-0.2, -0.15) is 9.40 Å². The van der Waals surface area contributed by atoms with Gasteiger partial charge in [0.25, 0.3) is 0 Å². The zero-order valence-electron chi connectivity index (χ0n) is 13.3. The van der Waals surface area contributed by atoms with E-state index in [0.717, 1.165) is 17.7 Å². The second-order valence-electron chi connectivity index (χ2n) is 6.52. The van der Waals surface area contributed by atoms with Crippen LogP contribution in [0.2, 0.25) is 5.02 Å². The Labute approximate surface area is 156 Å². The monoisotopic (exact) mass is 397 g/mol. The molecule has 1 aromatic heterocycles. The average molecular weight is 398 g/mol. The highest BCUT2D eigenvalue weighted by atomic mass is 35.5. The van der Waals surface area contributed by atoms with Crippen molar-refractivity contribution in [1.29, 1.82) is 0 Å². The fraction of sp³-hybridized carbons (Fsp3) is 0.353. The lowest BCUT2D eigenvalue weighted by atomic mass is 9.79. The summed E-state index contributed by atoms with van der Waals surface area (Å²) in [4.78, 5) is 0.269. The largest absolute Gasteiger partial charge is 0.282 e. The van der Waals surface area contributed by atoms with Gasteiger partial charge in [-0.3, -0.25) is 5.10 Å². The van der Waals surface area contributed by atoms with Crippen LogP contribution >= 0.6 is 23.2 Å². The van der Waals surface area contributed by atoms with Crippen LogP contribution in [-0.2, 0) is 16.4 Å². The predicted octanol–water partition coefficient (Wildman–Crippen LogP) is 3.88. The molecule has 5 nitrogen and oxygen atoms in total. The molecule has 2 aromatic rings. The van der Waals surface area contributed by atoms with Gasteiger partial charge in [0.2, 0.25) is 10.0 Å². The summed E-state index contributed by atoms with van der Waals surface area (Å²) >= 11 is 11.7. The molecule has 0 saturated carbocycles. The van der Waals surface area contributed by atoms with Gasteiger partial charge in [0.05, 0.1) is 17.1 Å². The summed E-state index contributed by atoms with van der Waals surface area (Å²) in [7, 11) is -3.62. The summed E-state index contributed by atoms with van der Waals surface area (Å²) in [5, 5.41) is 7.66.